The van der Waals surface area contributed by atoms with Crippen LogP contribution in [0.1, 0.15) is 23.2 Å². The number of anilines is 2. The third-order valence-electron chi connectivity index (χ3n) is 4.22. The number of hydrogen-bond donors (Lipinski definition) is 2. The Kier molecular flexibility index (Phi) is 5.04. The van der Waals surface area contributed by atoms with Gasteiger partial charge in [0, 0.05) is 24.2 Å². The highest BCUT2D eigenvalue weighted by molar-refractivity contribution is 7.92. The molecule has 9 heteroatoms. The van der Waals surface area contributed by atoms with Crippen LogP contribution in [0.5, 0.6) is 5.75 Å². The largest absolute Gasteiger partial charge is 0.495 e. The molecule has 27 heavy (non-hydrogen) atoms. The van der Waals surface area contributed by atoms with Gasteiger partial charge in [-0.15, -0.1) is 0 Å². The summed E-state index contributed by atoms with van der Waals surface area (Å²) in [5, 5.41) is 0. The first-order chi connectivity index (χ1) is 12.8. The van der Waals surface area contributed by atoms with E-state index < -0.39 is 15.9 Å². The lowest BCUT2D eigenvalue weighted by atomic mass is 10.2. The molecule has 0 aliphatic carbocycles. The topological polar surface area (TPSA) is 119 Å². The molecule has 8 nitrogen and oxygen atoms in total. The van der Waals surface area contributed by atoms with Gasteiger partial charge in [0.25, 0.3) is 10.0 Å². The number of amides is 2. The van der Waals surface area contributed by atoms with Gasteiger partial charge in [-0.1, -0.05) is 6.07 Å². The van der Waals surface area contributed by atoms with Gasteiger partial charge in [-0.3, -0.25) is 14.3 Å². The molecule has 2 aromatic rings. The van der Waals surface area contributed by atoms with Gasteiger partial charge >= 0.3 is 0 Å². The predicted octanol–water partition coefficient (Wildman–Crippen LogP) is 1.72. The number of sulfonamides is 1. The fourth-order valence-electron chi connectivity index (χ4n) is 2.90. The maximum absolute atomic E-state index is 12.8. The minimum Gasteiger partial charge on any atom is -0.495 e. The molecule has 3 N–H and O–H groups in total. The van der Waals surface area contributed by atoms with E-state index >= 15 is 0 Å². The van der Waals surface area contributed by atoms with Crippen molar-refractivity contribution in [2.45, 2.75) is 17.7 Å². The molecule has 1 heterocycles. The molecule has 0 unspecified atom stereocenters. The van der Waals surface area contributed by atoms with E-state index in [1.54, 1.807) is 0 Å². The first-order valence-corrected chi connectivity index (χ1v) is 9.71. The molecule has 0 spiro atoms. The Labute approximate surface area is 157 Å². The minimum absolute atomic E-state index is 0.0255. The summed E-state index contributed by atoms with van der Waals surface area (Å²) in [5.74, 6) is -0.319. The van der Waals surface area contributed by atoms with Crippen molar-refractivity contribution in [1.29, 1.82) is 0 Å². The Balaban J connectivity index is 1.96. The molecule has 142 valence electrons. The second-order valence-electron chi connectivity index (χ2n) is 6.03. The van der Waals surface area contributed by atoms with E-state index in [0.717, 1.165) is 0 Å². The number of benzene rings is 2. The quantitative estimate of drug-likeness (QED) is 0.780. The van der Waals surface area contributed by atoms with E-state index in [-0.39, 0.29) is 22.1 Å². The Bertz CT molecular complexity index is 1000. The van der Waals surface area contributed by atoms with Crippen LogP contribution in [0.3, 0.4) is 0 Å². The maximum atomic E-state index is 12.8. The van der Waals surface area contributed by atoms with Crippen molar-refractivity contribution in [2.75, 3.05) is 23.3 Å². The molecule has 1 fully saturated rings. The number of carbonyl (C=O) groups excluding carboxylic acids is 2. The smallest absolute Gasteiger partial charge is 0.261 e. The van der Waals surface area contributed by atoms with Crippen molar-refractivity contribution in [1.82, 2.24) is 0 Å². The van der Waals surface area contributed by atoms with Crippen LogP contribution in [0.15, 0.2) is 47.4 Å². The Morgan fingerprint density at radius 2 is 2.00 bits per heavy atom. The lowest BCUT2D eigenvalue weighted by molar-refractivity contribution is -0.117. The van der Waals surface area contributed by atoms with Gasteiger partial charge in [-0.05, 0) is 42.8 Å². The van der Waals surface area contributed by atoms with Crippen LogP contribution in [0.25, 0.3) is 0 Å². The average molecular weight is 389 g/mol. The summed E-state index contributed by atoms with van der Waals surface area (Å²) in [6.45, 7) is 0.507. The average Bonchev–Trinajstić information content (AvgIpc) is 3.06. The van der Waals surface area contributed by atoms with Gasteiger partial charge in [0.05, 0.1) is 17.7 Å². The van der Waals surface area contributed by atoms with Crippen LogP contribution in [0, 0.1) is 0 Å². The highest BCUT2D eigenvalue weighted by Gasteiger charge is 2.26. The van der Waals surface area contributed by atoms with E-state index in [1.165, 1.54) is 54.5 Å². The van der Waals surface area contributed by atoms with Crippen LogP contribution in [-0.4, -0.2) is 33.9 Å². The summed E-state index contributed by atoms with van der Waals surface area (Å²) in [5.41, 5.74) is 6.03. The lowest BCUT2D eigenvalue weighted by Gasteiger charge is -2.20. The highest BCUT2D eigenvalue weighted by atomic mass is 32.2. The van der Waals surface area contributed by atoms with E-state index in [1.807, 2.05) is 0 Å². The third-order valence-corrected chi connectivity index (χ3v) is 5.60. The summed E-state index contributed by atoms with van der Waals surface area (Å²) in [6, 6.07) is 10.2. The first-order valence-electron chi connectivity index (χ1n) is 8.23. The molecule has 0 aromatic heterocycles. The molecule has 1 aliphatic heterocycles. The number of primary amides is 1. The molecular weight excluding hydrogens is 370 g/mol. The molecule has 1 aliphatic rings. The van der Waals surface area contributed by atoms with Crippen molar-refractivity contribution >= 4 is 33.2 Å². The molecule has 3 rings (SSSR count). The van der Waals surface area contributed by atoms with Crippen molar-refractivity contribution in [3.63, 3.8) is 0 Å². The van der Waals surface area contributed by atoms with Crippen LogP contribution < -0.4 is 20.1 Å². The zero-order valence-corrected chi connectivity index (χ0v) is 15.5. The number of nitrogens with one attached hydrogen (secondary N) is 1. The summed E-state index contributed by atoms with van der Waals surface area (Å²) in [6.07, 6.45) is 1.12. The Morgan fingerprint density at radius 1 is 1.22 bits per heavy atom. The van der Waals surface area contributed by atoms with Crippen LogP contribution in [0.2, 0.25) is 0 Å². The van der Waals surface area contributed by atoms with Gasteiger partial charge in [-0.25, -0.2) is 8.42 Å². The Morgan fingerprint density at radius 3 is 2.63 bits per heavy atom. The van der Waals surface area contributed by atoms with Gasteiger partial charge in [-0.2, -0.15) is 0 Å². The molecule has 1 saturated heterocycles. The number of nitrogens with zero attached hydrogens (tertiary/aromatic N) is 1. The summed E-state index contributed by atoms with van der Waals surface area (Å²) in [4.78, 5) is 24.8. The first kappa shape index (κ1) is 18.7. The number of ether oxygens (including phenoxy) is 1. The zero-order valence-electron chi connectivity index (χ0n) is 14.6. The van der Waals surface area contributed by atoms with Gasteiger partial charge in [0.15, 0.2) is 0 Å². The van der Waals surface area contributed by atoms with Crippen molar-refractivity contribution in [2.24, 2.45) is 5.73 Å². The van der Waals surface area contributed by atoms with Crippen molar-refractivity contribution in [3.05, 3.63) is 48.0 Å². The second kappa shape index (κ2) is 7.28. The number of methoxy groups -OCH3 is 1. The maximum Gasteiger partial charge on any atom is 0.261 e. The summed E-state index contributed by atoms with van der Waals surface area (Å²) in [7, 11) is -2.49. The van der Waals surface area contributed by atoms with Crippen LogP contribution in [-0.2, 0) is 14.8 Å². The number of carbonyl (C=O) groups is 2. The van der Waals surface area contributed by atoms with E-state index in [9.17, 15) is 18.0 Å². The molecule has 0 radical (unpaired) electrons. The minimum atomic E-state index is -3.95. The monoisotopic (exact) mass is 389 g/mol. The predicted molar refractivity (Wildman–Crippen MR) is 100 cm³/mol. The third kappa shape index (κ3) is 3.87. The molecular formula is C18H19N3O5S. The van der Waals surface area contributed by atoms with E-state index in [2.05, 4.69) is 4.72 Å². The number of rotatable bonds is 6. The molecule has 0 atom stereocenters. The number of hydrogen-bond acceptors (Lipinski definition) is 5. The highest BCUT2D eigenvalue weighted by Crippen LogP contribution is 2.34. The molecule has 0 saturated carbocycles. The summed E-state index contributed by atoms with van der Waals surface area (Å²) < 4.78 is 33.2. The van der Waals surface area contributed by atoms with Crippen LogP contribution >= 0.6 is 0 Å². The zero-order chi connectivity index (χ0) is 19.6. The van der Waals surface area contributed by atoms with Gasteiger partial charge in [0.1, 0.15) is 5.75 Å². The molecule has 0 bridgehead atoms. The molecule has 2 aromatic carbocycles. The van der Waals surface area contributed by atoms with Crippen LogP contribution in [0.4, 0.5) is 11.4 Å². The molecule has 2 amide bonds. The second-order valence-corrected chi connectivity index (χ2v) is 7.72. The SMILES string of the molecule is COc1ccc(S(=O)(=O)Nc2cccc(C(N)=O)c2)cc1N1CCCC1=O. The van der Waals surface area contributed by atoms with Gasteiger partial charge < -0.3 is 15.4 Å². The number of nitrogens with two attached hydrogens (primary N) is 1. The normalized spacial score (nSPS) is 14.3. The van der Waals surface area contributed by atoms with E-state index in [4.69, 9.17) is 10.5 Å². The fraction of sp³-hybridized carbons (Fsp3) is 0.222. The summed E-state index contributed by atoms with van der Waals surface area (Å²) >= 11 is 0. The Hall–Kier alpha value is -3.07. The standard InChI is InChI=1S/C18H19N3O5S/c1-26-16-8-7-14(11-15(16)21-9-3-6-17(21)22)27(24,25)20-13-5-2-4-12(10-13)18(19)23/h2,4-5,7-8,10-11,20H,3,6,9H2,1H3,(H2,19,23). The lowest BCUT2D eigenvalue weighted by Crippen LogP contribution is -2.25. The van der Waals surface area contributed by atoms with E-state index in [0.29, 0.717) is 30.8 Å². The van der Waals surface area contributed by atoms with Gasteiger partial charge in [0.2, 0.25) is 11.8 Å². The fourth-order valence-corrected chi connectivity index (χ4v) is 3.97. The van der Waals surface area contributed by atoms with Crippen molar-refractivity contribution < 1.29 is 22.7 Å². The van der Waals surface area contributed by atoms with Crippen molar-refractivity contribution in [3.8, 4) is 5.75 Å².